The molecule has 6 atom stereocenters. The molecule has 5 rings (SSSR count). The van der Waals surface area contributed by atoms with Gasteiger partial charge in [0.25, 0.3) is 11.7 Å². The van der Waals surface area contributed by atoms with Gasteiger partial charge >= 0.3 is 0 Å². The number of aromatic hydroxyl groups is 1. The number of hydrogen-bond donors (Lipinski definition) is 3. The van der Waals surface area contributed by atoms with Gasteiger partial charge in [-0.1, -0.05) is 0 Å². The van der Waals surface area contributed by atoms with Gasteiger partial charge in [-0.05, 0) is 50.6 Å². The van der Waals surface area contributed by atoms with Gasteiger partial charge in [0, 0.05) is 24.6 Å². The lowest BCUT2D eigenvalue weighted by molar-refractivity contribution is -0.181. The highest BCUT2D eigenvalue weighted by Gasteiger charge is 2.69. The monoisotopic (exact) mass is 555 g/mol. The number of fused-ring (bicyclic) bond motifs is 3. The Labute approximate surface area is 228 Å². The van der Waals surface area contributed by atoms with Crippen molar-refractivity contribution in [2.24, 2.45) is 29.4 Å². The fraction of sp³-hybridized carbons (Fsp3) is 0.519. The quantitative estimate of drug-likeness (QED) is 0.209. The van der Waals surface area contributed by atoms with Crippen LogP contribution >= 0.6 is 0 Å². The summed E-state index contributed by atoms with van der Waals surface area (Å²) in [5, 5.41) is 22.2. The number of rotatable bonds is 4. The van der Waals surface area contributed by atoms with Crippen molar-refractivity contribution in [1.82, 2.24) is 9.80 Å². The molecule has 0 radical (unpaired) electrons. The molecule has 0 bridgehead atoms. The van der Waals surface area contributed by atoms with E-state index in [0.29, 0.717) is 0 Å². The van der Waals surface area contributed by atoms with Gasteiger partial charge in [0.15, 0.2) is 34.7 Å². The lowest BCUT2D eigenvalue weighted by Gasteiger charge is -2.52. The first-order valence-electron chi connectivity index (χ1n) is 12.9. The van der Waals surface area contributed by atoms with Crippen LogP contribution in [0.3, 0.4) is 0 Å². The van der Waals surface area contributed by atoms with Gasteiger partial charge in [-0.2, -0.15) is 0 Å². The zero-order valence-electron chi connectivity index (χ0n) is 21.9. The van der Waals surface area contributed by atoms with Crippen LogP contribution in [0.5, 0.6) is 5.75 Å². The van der Waals surface area contributed by atoms with E-state index in [4.69, 9.17) is 10.5 Å². The van der Waals surface area contributed by atoms with Crippen molar-refractivity contribution in [1.29, 1.82) is 0 Å². The van der Waals surface area contributed by atoms with Crippen LogP contribution in [0, 0.1) is 23.7 Å². The lowest BCUT2D eigenvalue weighted by Crippen LogP contribution is -2.74. The van der Waals surface area contributed by atoms with E-state index in [1.165, 1.54) is 30.0 Å². The molecular formula is C27H29N3O10. The smallest absolute Gasteiger partial charge is 0.295 e. The summed E-state index contributed by atoms with van der Waals surface area (Å²) in [5.41, 5.74) is 2.11. The number of amides is 2. The van der Waals surface area contributed by atoms with Gasteiger partial charge in [0.05, 0.1) is 30.7 Å². The van der Waals surface area contributed by atoms with E-state index >= 15 is 0 Å². The average molecular weight is 556 g/mol. The van der Waals surface area contributed by atoms with E-state index in [2.05, 4.69) is 0 Å². The molecule has 3 unspecified atom stereocenters. The number of Topliss-reactive ketones (excluding diaryl/α,β-unsaturated/α-hetero) is 5. The van der Waals surface area contributed by atoms with Gasteiger partial charge < -0.3 is 25.6 Å². The highest BCUT2D eigenvalue weighted by molar-refractivity contribution is 6.43. The number of phenols is 1. The van der Waals surface area contributed by atoms with Crippen LogP contribution in [0.1, 0.15) is 32.7 Å². The van der Waals surface area contributed by atoms with Crippen LogP contribution in [0.15, 0.2) is 12.1 Å². The second kappa shape index (κ2) is 9.68. The van der Waals surface area contributed by atoms with E-state index in [1.807, 2.05) is 0 Å². The first-order valence-corrected chi connectivity index (χ1v) is 12.9. The maximum Gasteiger partial charge on any atom is 0.295 e. The summed E-state index contributed by atoms with van der Waals surface area (Å²) in [4.78, 5) is 95.1. The first kappa shape index (κ1) is 27.7. The molecule has 1 aliphatic heterocycles. The summed E-state index contributed by atoms with van der Waals surface area (Å²) >= 11 is 0. The Balaban J connectivity index is 1.58. The number of phenolic OH excluding ortho intramolecular Hbond substituents is 1. The van der Waals surface area contributed by atoms with Crippen LogP contribution in [0.4, 0.5) is 0 Å². The Kier molecular flexibility index (Phi) is 6.71. The number of hydrogen-bond acceptors (Lipinski definition) is 11. The molecule has 0 spiro atoms. The number of aliphatic hydroxyl groups is 1. The molecule has 3 fully saturated rings. The number of primary amides is 1. The maximum absolute atomic E-state index is 13.8. The number of benzene rings is 1. The van der Waals surface area contributed by atoms with Crippen LogP contribution in [-0.4, -0.2) is 113 Å². The van der Waals surface area contributed by atoms with Crippen LogP contribution < -0.4 is 5.73 Å². The Hall–Kier alpha value is -3.81. The average Bonchev–Trinajstić information content (AvgIpc) is 2.90. The van der Waals surface area contributed by atoms with Crippen molar-refractivity contribution in [3.05, 3.63) is 28.8 Å². The van der Waals surface area contributed by atoms with E-state index in [9.17, 15) is 43.8 Å². The molecule has 4 aliphatic rings. The molecule has 3 aliphatic carbocycles. The molecule has 4 N–H and O–H groups in total. The van der Waals surface area contributed by atoms with Crippen LogP contribution in [-0.2, 0) is 35.1 Å². The zero-order valence-corrected chi connectivity index (χ0v) is 21.9. The Bertz CT molecular complexity index is 1380. The van der Waals surface area contributed by atoms with Crippen molar-refractivity contribution in [3.63, 3.8) is 0 Å². The summed E-state index contributed by atoms with van der Waals surface area (Å²) in [7, 11) is 2.97. The van der Waals surface area contributed by atoms with Gasteiger partial charge in [-0.15, -0.1) is 0 Å². The van der Waals surface area contributed by atoms with Crippen molar-refractivity contribution in [2.75, 3.05) is 40.4 Å². The Morgan fingerprint density at radius 1 is 1.07 bits per heavy atom. The predicted octanol–water partition coefficient (Wildman–Crippen LogP) is -2.09. The van der Waals surface area contributed by atoms with E-state index < -0.39 is 81.8 Å². The summed E-state index contributed by atoms with van der Waals surface area (Å²) in [6, 6.07) is 1.09. The topological polar surface area (TPSA) is 202 Å². The summed E-state index contributed by atoms with van der Waals surface area (Å²) in [6.07, 6.45) is -0.276. The third kappa shape index (κ3) is 3.83. The maximum atomic E-state index is 13.8. The summed E-state index contributed by atoms with van der Waals surface area (Å²) in [5.74, 6) is -13.7. The molecule has 1 heterocycles. The van der Waals surface area contributed by atoms with Gasteiger partial charge in [0.2, 0.25) is 5.91 Å². The van der Waals surface area contributed by atoms with Gasteiger partial charge in [-0.25, -0.2) is 0 Å². The first-order chi connectivity index (χ1) is 18.8. The number of carbonyl (C=O) groups excluding carboxylic acids is 7. The minimum atomic E-state index is -2.84. The molecule has 212 valence electrons. The molecule has 40 heavy (non-hydrogen) atoms. The third-order valence-corrected chi connectivity index (χ3v) is 8.68. The summed E-state index contributed by atoms with van der Waals surface area (Å²) in [6.45, 7) is 0.956. The normalized spacial score (nSPS) is 31.9. The van der Waals surface area contributed by atoms with E-state index in [0.717, 1.165) is 6.07 Å². The molecule has 0 aromatic heterocycles. The van der Waals surface area contributed by atoms with E-state index in [1.54, 1.807) is 0 Å². The molecule has 1 aromatic carbocycles. The number of morpholine rings is 1. The minimum Gasteiger partial charge on any atom is -0.507 e. The molecule has 2 amide bonds. The van der Waals surface area contributed by atoms with Crippen LogP contribution in [0.25, 0.3) is 0 Å². The Morgan fingerprint density at radius 2 is 1.73 bits per heavy atom. The number of ketones is 5. The standard InChI is InChI=1S/C27H29N3O10/c1-29(2)19-14-10-11-9-13-12(20(32)26(38)30-5-7-40-8-6-30)3-4-15(31)17(13)21(33)16(11)23(35)27(14,39)24(36)18(22(19)34)25(28)37/h3-4,11,14,16,18-19,31,39H,5-10H2,1-2H3,(H2,28,37)/t11-,14-,16?,18?,19?,27-/m0/s1. The summed E-state index contributed by atoms with van der Waals surface area (Å²) < 4.78 is 5.22. The van der Waals surface area contributed by atoms with Gasteiger partial charge in [0.1, 0.15) is 5.75 Å². The third-order valence-electron chi connectivity index (χ3n) is 8.68. The fourth-order valence-electron chi connectivity index (χ4n) is 6.84. The number of nitrogens with zero attached hydrogens (tertiary/aromatic N) is 2. The molecule has 13 heteroatoms. The Morgan fingerprint density at radius 3 is 2.33 bits per heavy atom. The van der Waals surface area contributed by atoms with Gasteiger partial charge in [-0.3, -0.25) is 38.5 Å². The molecule has 13 nitrogen and oxygen atoms in total. The van der Waals surface area contributed by atoms with E-state index in [-0.39, 0.29) is 55.8 Å². The molecule has 1 saturated heterocycles. The number of carbonyl (C=O) groups is 7. The van der Waals surface area contributed by atoms with Crippen molar-refractivity contribution in [2.45, 2.75) is 24.5 Å². The number of ether oxygens (including phenoxy) is 1. The number of likely N-dealkylation sites (N-methyl/N-ethyl adjacent to an activating group) is 1. The SMILES string of the molecule is CN(C)C1C(=O)C(C(N)=O)C(=O)[C@@]2(O)C(=O)C3C(=O)c4c(O)ccc(C(=O)C(=O)N5CCOCC5)c4C[C@H]3C[C@@H]12. The molecular weight excluding hydrogens is 526 g/mol. The second-order valence-electron chi connectivity index (χ2n) is 11.0. The highest BCUT2D eigenvalue weighted by Crippen LogP contribution is 2.51. The fourth-order valence-corrected chi connectivity index (χ4v) is 6.84. The van der Waals surface area contributed by atoms with Crippen molar-refractivity contribution < 1.29 is 48.5 Å². The van der Waals surface area contributed by atoms with Crippen LogP contribution in [0.2, 0.25) is 0 Å². The van der Waals surface area contributed by atoms with Crippen molar-refractivity contribution in [3.8, 4) is 5.75 Å². The molecule has 1 aromatic rings. The van der Waals surface area contributed by atoms with Crippen molar-refractivity contribution >= 4 is 40.7 Å². The number of nitrogens with two attached hydrogens (primary N) is 1. The minimum absolute atomic E-state index is 0.0842. The highest BCUT2D eigenvalue weighted by atomic mass is 16.5. The largest absolute Gasteiger partial charge is 0.507 e. The lowest BCUT2D eigenvalue weighted by atomic mass is 9.52. The zero-order chi connectivity index (χ0) is 29.3. The molecule has 2 saturated carbocycles. The predicted molar refractivity (Wildman–Crippen MR) is 133 cm³/mol. The second-order valence-corrected chi connectivity index (χ2v) is 11.0.